The predicted molar refractivity (Wildman–Crippen MR) is 58.2 cm³/mol. The normalized spacial score (nSPS) is 19.9. The van der Waals surface area contributed by atoms with Gasteiger partial charge in [-0.2, -0.15) is 0 Å². The first-order valence-electron chi connectivity index (χ1n) is 5.44. The molecule has 1 aromatic rings. The molecular weight excluding hydrogens is 172 g/mol. The van der Waals surface area contributed by atoms with Gasteiger partial charge in [0.15, 0.2) is 0 Å². The Balaban J connectivity index is 2.09. The van der Waals surface area contributed by atoms with Crippen molar-refractivity contribution in [1.82, 2.24) is 9.88 Å². The SMILES string of the molecule is Cc1ccc(C(C)N2CCCC2)nc1. The number of rotatable bonds is 2. The maximum absolute atomic E-state index is 4.48. The number of hydrogen-bond acceptors (Lipinski definition) is 2. The third kappa shape index (κ3) is 1.95. The van der Waals surface area contributed by atoms with E-state index >= 15 is 0 Å². The van der Waals surface area contributed by atoms with Crippen molar-refractivity contribution >= 4 is 0 Å². The largest absolute Gasteiger partial charge is 0.295 e. The molecule has 0 radical (unpaired) electrons. The summed E-state index contributed by atoms with van der Waals surface area (Å²) in [5.41, 5.74) is 2.44. The van der Waals surface area contributed by atoms with Crippen LogP contribution in [0.15, 0.2) is 18.3 Å². The van der Waals surface area contributed by atoms with Gasteiger partial charge >= 0.3 is 0 Å². The Kier molecular flexibility index (Phi) is 2.82. The van der Waals surface area contributed by atoms with E-state index in [0.29, 0.717) is 6.04 Å². The van der Waals surface area contributed by atoms with Gasteiger partial charge in [-0.3, -0.25) is 9.88 Å². The van der Waals surface area contributed by atoms with E-state index in [1.54, 1.807) is 0 Å². The fourth-order valence-corrected chi connectivity index (χ4v) is 2.04. The van der Waals surface area contributed by atoms with E-state index in [4.69, 9.17) is 0 Å². The Bertz CT molecular complexity index is 286. The van der Waals surface area contributed by atoms with Crippen LogP contribution < -0.4 is 0 Å². The fraction of sp³-hybridized carbons (Fsp3) is 0.583. The van der Waals surface area contributed by atoms with E-state index in [1.165, 1.54) is 37.2 Å². The minimum absolute atomic E-state index is 0.484. The van der Waals surface area contributed by atoms with E-state index in [-0.39, 0.29) is 0 Å². The molecule has 0 N–H and O–H groups in total. The molecule has 0 saturated carbocycles. The molecule has 1 fully saturated rings. The lowest BCUT2D eigenvalue weighted by molar-refractivity contribution is 0.258. The van der Waals surface area contributed by atoms with Gasteiger partial charge in [0.1, 0.15) is 0 Å². The summed E-state index contributed by atoms with van der Waals surface area (Å²) >= 11 is 0. The zero-order valence-corrected chi connectivity index (χ0v) is 9.03. The lowest BCUT2D eigenvalue weighted by Gasteiger charge is -2.23. The summed E-state index contributed by atoms with van der Waals surface area (Å²) < 4.78 is 0. The second kappa shape index (κ2) is 4.09. The molecule has 1 unspecified atom stereocenters. The van der Waals surface area contributed by atoms with Crippen LogP contribution >= 0.6 is 0 Å². The average molecular weight is 190 g/mol. The summed E-state index contributed by atoms with van der Waals surface area (Å²) in [4.78, 5) is 6.99. The molecule has 1 saturated heterocycles. The van der Waals surface area contributed by atoms with Gasteiger partial charge in [0.05, 0.1) is 5.69 Å². The van der Waals surface area contributed by atoms with Crippen molar-refractivity contribution in [3.63, 3.8) is 0 Å². The van der Waals surface area contributed by atoms with E-state index in [9.17, 15) is 0 Å². The van der Waals surface area contributed by atoms with Gasteiger partial charge in [0.2, 0.25) is 0 Å². The quantitative estimate of drug-likeness (QED) is 0.712. The Labute approximate surface area is 86.0 Å². The molecular formula is C12H18N2. The lowest BCUT2D eigenvalue weighted by Crippen LogP contribution is -2.23. The molecule has 0 spiro atoms. The van der Waals surface area contributed by atoms with Gasteiger partial charge in [-0.15, -0.1) is 0 Å². The third-order valence-electron chi connectivity index (χ3n) is 3.05. The third-order valence-corrected chi connectivity index (χ3v) is 3.05. The number of pyridine rings is 1. The van der Waals surface area contributed by atoms with Crippen molar-refractivity contribution in [2.45, 2.75) is 32.7 Å². The molecule has 0 amide bonds. The van der Waals surface area contributed by atoms with Gasteiger partial charge in [0.25, 0.3) is 0 Å². The standard InChI is InChI=1S/C12H18N2/c1-10-5-6-12(13-9-10)11(2)14-7-3-4-8-14/h5-6,9,11H,3-4,7-8H2,1-2H3. The Morgan fingerprint density at radius 1 is 1.29 bits per heavy atom. The molecule has 1 aliphatic heterocycles. The van der Waals surface area contributed by atoms with Crippen LogP contribution in [-0.2, 0) is 0 Å². The van der Waals surface area contributed by atoms with Crippen molar-refractivity contribution in [1.29, 1.82) is 0 Å². The highest BCUT2D eigenvalue weighted by atomic mass is 15.2. The molecule has 0 aromatic carbocycles. The Hall–Kier alpha value is -0.890. The number of likely N-dealkylation sites (tertiary alicyclic amines) is 1. The zero-order valence-electron chi connectivity index (χ0n) is 9.03. The van der Waals surface area contributed by atoms with Crippen LogP contribution in [0.1, 0.15) is 37.1 Å². The first kappa shape index (κ1) is 9.66. The second-order valence-corrected chi connectivity index (χ2v) is 4.18. The van der Waals surface area contributed by atoms with Gasteiger partial charge in [-0.05, 0) is 51.4 Å². The minimum atomic E-state index is 0.484. The summed E-state index contributed by atoms with van der Waals surface area (Å²) in [7, 11) is 0. The Morgan fingerprint density at radius 2 is 2.00 bits per heavy atom. The number of aromatic nitrogens is 1. The number of aryl methyl sites for hydroxylation is 1. The van der Waals surface area contributed by atoms with Gasteiger partial charge < -0.3 is 0 Å². The van der Waals surface area contributed by atoms with Crippen LogP contribution in [0.3, 0.4) is 0 Å². The van der Waals surface area contributed by atoms with Crippen LogP contribution in [0.25, 0.3) is 0 Å². The summed E-state index contributed by atoms with van der Waals surface area (Å²) in [6.07, 6.45) is 4.65. The smallest absolute Gasteiger partial charge is 0.0572 e. The van der Waals surface area contributed by atoms with Crippen molar-refractivity contribution in [2.24, 2.45) is 0 Å². The van der Waals surface area contributed by atoms with Gasteiger partial charge in [0, 0.05) is 12.2 Å². The maximum atomic E-state index is 4.48. The fourth-order valence-electron chi connectivity index (χ4n) is 2.04. The summed E-state index contributed by atoms with van der Waals surface area (Å²) in [5.74, 6) is 0. The molecule has 1 atom stereocenters. The van der Waals surface area contributed by atoms with Crippen molar-refractivity contribution in [3.05, 3.63) is 29.6 Å². The molecule has 2 rings (SSSR count). The maximum Gasteiger partial charge on any atom is 0.0572 e. The van der Waals surface area contributed by atoms with Crippen molar-refractivity contribution in [2.75, 3.05) is 13.1 Å². The highest BCUT2D eigenvalue weighted by Crippen LogP contribution is 2.22. The minimum Gasteiger partial charge on any atom is -0.295 e. The first-order chi connectivity index (χ1) is 6.77. The summed E-state index contributed by atoms with van der Waals surface area (Å²) in [6.45, 7) is 6.80. The number of nitrogens with zero attached hydrogens (tertiary/aromatic N) is 2. The predicted octanol–water partition coefficient (Wildman–Crippen LogP) is 2.55. The van der Waals surface area contributed by atoms with E-state index in [2.05, 4.69) is 35.9 Å². The number of hydrogen-bond donors (Lipinski definition) is 0. The topological polar surface area (TPSA) is 16.1 Å². The molecule has 2 heterocycles. The summed E-state index contributed by atoms with van der Waals surface area (Å²) in [6, 6.07) is 4.78. The van der Waals surface area contributed by atoms with E-state index in [0.717, 1.165) is 0 Å². The highest BCUT2D eigenvalue weighted by molar-refractivity contribution is 5.14. The molecule has 0 aliphatic carbocycles. The zero-order chi connectivity index (χ0) is 9.97. The van der Waals surface area contributed by atoms with Crippen LogP contribution in [0, 0.1) is 6.92 Å². The van der Waals surface area contributed by atoms with Gasteiger partial charge in [-0.25, -0.2) is 0 Å². The monoisotopic (exact) mass is 190 g/mol. The average Bonchev–Trinajstić information content (AvgIpc) is 2.71. The van der Waals surface area contributed by atoms with Crippen molar-refractivity contribution in [3.8, 4) is 0 Å². The van der Waals surface area contributed by atoms with E-state index in [1.807, 2.05) is 6.20 Å². The molecule has 2 heteroatoms. The van der Waals surface area contributed by atoms with Crippen molar-refractivity contribution < 1.29 is 0 Å². The first-order valence-corrected chi connectivity index (χ1v) is 5.44. The molecule has 1 aromatic heterocycles. The van der Waals surface area contributed by atoms with E-state index < -0.39 is 0 Å². The Morgan fingerprint density at radius 3 is 2.57 bits per heavy atom. The lowest BCUT2D eigenvalue weighted by atomic mass is 10.1. The molecule has 1 aliphatic rings. The van der Waals surface area contributed by atoms with Crippen LogP contribution in [-0.4, -0.2) is 23.0 Å². The van der Waals surface area contributed by atoms with Crippen LogP contribution in [0.4, 0.5) is 0 Å². The van der Waals surface area contributed by atoms with Crippen LogP contribution in [0.5, 0.6) is 0 Å². The van der Waals surface area contributed by atoms with Gasteiger partial charge in [-0.1, -0.05) is 6.07 Å². The molecule has 0 bridgehead atoms. The van der Waals surface area contributed by atoms with Crippen LogP contribution in [0.2, 0.25) is 0 Å². The second-order valence-electron chi connectivity index (χ2n) is 4.18. The molecule has 14 heavy (non-hydrogen) atoms. The highest BCUT2D eigenvalue weighted by Gasteiger charge is 2.19. The molecule has 76 valence electrons. The molecule has 2 nitrogen and oxygen atoms in total. The summed E-state index contributed by atoms with van der Waals surface area (Å²) in [5, 5.41) is 0.